The van der Waals surface area contributed by atoms with E-state index in [2.05, 4.69) is 20.8 Å². The highest BCUT2D eigenvalue weighted by molar-refractivity contribution is 4.62. The molecule has 1 radical (unpaired) electrons. The van der Waals surface area contributed by atoms with Crippen molar-refractivity contribution in [2.45, 2.75) is 187 Å². The van der Waals surface area contributed by atoms with Gasteiger partial charge in [-0.1, -0.05) is 194 Å². The average molecular weight is 436 g/mol. The molecule has 0 N–H and O–H groups in total. The Balaban J connectivity index is 3.26. The Kier molecular flexibility index (Phi) is 28.0. The molecule has 0 aromatic carbocycles. The first-order valence-corrected chi connectivity index (χ1v) is 15.1. The Morgan fingerprint density at radius 1 is 0.355 bits per heavy atom. The van der Waals surface area contributed by atoms with Crippen molar-refractivity contribution < 1.29 is 0 Å². The van der Waals surface area contributed by atoms with Crippen LogP contribution in [0.15, 0.2) is 0 Å². The fourth-order valence-corrected chi connectivity index (χ4v) is 4.98. The third kappa shape index (κ3) is 26.1. The highest BCUT2D eigenvalue weighted by atomic mass is 14.1. The summed E-state index contributed by atoms with van der Waals surface area (Å²) in [5, 5.41) is 0. The van der Waals surface area contributed by atoms with Gasteiger partial charge < -0.3 is 0 Å². The maximum atomic E-state index is 4.24. The van der Waals surface area contributed by atoms with E-state index >= 15 is 0 Å². The highest BCUT2D eigenvalue weighted by Crippen LogP contribution is 2.22. The van der Waals surface area contributed by atoms with Crippen molar-refractivity contribution in [3.63, 3.8) is 0 Å². The Morgan fingerprint density at radius 2 is 0.581 bits per heavy atom. The van der Waals surface area contributed by atoms with E-state index in [0.717, 1.165) is 12.3 Å². The van der Waals surface area contributed by atoms with E-state index in [1.54, 1.807) is 0 Å². The smallest absolute Gasteiger partial charge is 0.0414 e. The zero-order valence-corrected chi connectivity index (χ0v) is 22.4. The third-order valence-electron chi connectivity index (χ3n) is 7.34. The fraction of sp³-hybridized carbons (Fsp3) is 0.968. The van der Waals surface area contributed by atoms with E-state index in [-0.39, 0.29) is 0 Å². The molecule has 0 rings (SSSR count). The van der Waals surface area contributed by atoms with Crippen LogP contribution < -0.4 is 0 Å². The van der Waals surface area contributed by atoms with E-state index in [1.807, 2.05) is 0 Å². The van der Waals surface area contributed by atoms with Gasteiger partial charge in [-0.15, -0.1) is 0 Å². The van der Waals surface area contributed by atoms with Crippen molar-refractivity contribution in [1.29, 1.82) is 0 Å². The summed E-state index contributed by atoms with van der Waals surface area (Å²) < 4.78 is 0. The van der Waals surface area contributed by atoms with Crippen LogP contribution in [0.1, 0.15) is 187 Å². The minimum atomic E-state index is 0.909. The van der Waals surface area contributed by atoms with Gasteiger partial charge in [-0.2, -0.15) is 0 Å². The molecule has 0 heterocycles. The summed E-state index contributed by atoms with van der Waals surface area (Å²) in [5.41, 5.74) is 0. The first-order valence-electron chi connectivity index (χ1n) is 15.1. The molecule has 0 bridgehead atoms. The van der Waals surface area contributed by atoms with Crippen molar-refractivity contribution in [2.75, 3.05) is 0 Å². The predicted molar refractivity (Wildman–Crippen MR) is 145 cm³/mol. The summed E-state index contributed by atoms with van der Waals surface area (Å²) in [7, 11) is 0. The SMILES string of the molecule is [CH2]CC(CCCCCCCCCCCCC)CCCCCCCCCCCCCCC. The second-order valence-electron chi connectivity index (χ2n) is 10.5. The average Bonchev–Trinajstić information content (AvgIpc) is 2.79. The molecule has 0 spiro atoms. The Hall–Kier alpha value is 0. The molecule has 0 fully saturated rings. The van der Waals surface area contributed by atoms with Gasteiger partial charge in [0.1, 0.15) is 0 Å². The van der Waals surface area contributed by atoms with E-state index in [0.29, 0.717) is 0 Å². The minimum absolute atomic E-state index is 0.909. The van der Waals surface area contributed by atoms with Gasteiger partial charge in [0.25, 0.3) is 0 Å². The molecule has 31 heavy (non-hydrogen) atoms. The number of unbranched alkanes of at least 4 members (excludes halogenated alkanes) is 22. The second-order valence-corrected chi connectivity index (χ2v) is 10.5. The normalized spacial score (nSPS) is 12.5. The van der Waals surface area contributed by atoms with Crippen LogP contribution in [0.2, 0.25) is 0 Å². The number of hydrogen-bond acceptors (Lipinski definition) is 0. The monoisotopic (exact) mass is 435 g/mol. The highest BCUT2D eigenvalue weighted by Gasteiger charge is 2.06. The lowest BCUT2D eigenvalue weighted by Crippen LogP contribution is -1.99. The van der Waals surface area contributed by atoms with Crippen LogP contribution in [0.5, 0.6) is 0 Å². The van der Waals surface area contributed by atoms with Gasteiger partial charge in [0.15, 0.2) is 0 Å². The largest absolute Gasteiger partial charge is 0.0654 e. The summed E-state index contributed by atoms with van der Waals surface area (Å²) in [4.78, 5) is 0. The molecule has 0 aliphatic rings. The molecule has 0 heteroatoms. The molecule has 0 saturated heterocycles. The van der Waals surface area contributed by atoms with Crippen molar-refractivity contribution in [2.24, 2.45) is 5.92 Å². The van der Waals surface area contributed by atoms with Crippen LogP contribution in [0, 0.1) is 12.8 Å². The van der Waals surface area contributed by atoms with Crippen molar-refractivity contribution in [1.82, 2.24) is 0 Å². The van der Waals surface area contributed by atoms with Crippen molar-refractivity contribution in [3.8, 4) is 0 Å². The zero-order chi connectivity index (χ0) is 22.7. The predicted octanol–water partition coefficient (Wildman–Crippen LogP) is 12.0. The van der Waals surface area contributed by atoms with Gasteiger partial charge in [-0.25, -0.2) is 0 Å². The fourth-order valence-electron chi connectivity index (χ4n) is 4.98. The molecular weight excluding hydrogens is 372 g/mol. The maximum absolute atomic E-state index is 4.24. The first kappa shape index (κ1) is 31.0. The second kappa shape index (κ2) is 28.0. The van der Waals surface area contributed by atoms with Gasteiger partial charge in [0, 0.05) is 0 Å². The Labute approximate surface area is 200 Å². The Bertz CT molecular complexity index is 294. The summed E-state index contributed by atoms with van der Waals surface area (Å²) >= 11 is 0. The molecule has 0 aliphatic heterocycles. The summed E-state index contributed by atoms with van der Waals surface area (Å²) in [5.74, 6) is 0.909. The minimum Gasteiger partial charge on any atom is -0.0654 e. The topological polar surface area (TPSA) is 0 Å². The van der Waals surface area contributed by atoms with E-state index in [9.17, 15) is 0 Å². The molecule has 0 saturated carbocycles. The van der Waals surface area contributed by atoms with Crippen LogP contribution in [0.3, 0.4) is 0 Å². The van der Waals surface area contributed by atoms with Crippen molar-refractivity contribution in [3.05, 3.63) is 6.92 Å². The summed E-state index contributed by atoms with van der Waals surface area (Å²) in [6.45, 7) is 8.84. The third-order valence-corrected chi connectivity index (χ3v) is 7.34. The van der Waals surface area contributed by atoms with Crippen LogP contribution in [-0.2, 0) is 0 Å². The zero-order valence-electron chi connectivity index (χ0n) is 22.4. The molecule has 187 valence electrons. The molecular formula is C31H63. The summed E-state index contributed by atoms with van der Waals surface area (Å²) in [6.07, 6.45) is 39.1. The first-order chi connectivity index (χ1) is 15.3. The molecule has 0 aliphatic carbocycles. The van der Waals surface area contributed by atoms with E-state index in [4.69, 9.17) is 0 Å². The lowest BCUT2D eigenvalue weighted by Gasteiger charge is -2.14. The lowest BCUT2D eigenvalue weighted by molar-refractivity contribution is 0.404. The van der Waals surface area contributed by atoms with Crippen LogP contribution in [0.25, 0.3) is 0 Å². The van der Waals surface area contributed by atoms with Gasteiger partial charge in [0.2, 0.25) is 0 Å². The Morgan fingerprint density at radius 3 is 0.806 bits per heavy atom. The quantitative estimate of drug-likeness (QED) is 0.112. The lowest BCUT2D eigenvalue weighted by atomic mass is 9.92. The molecule has 1 unspecified atom stereocenters. The van der Waals surface area contributed by atoms with Gasteiger partial charge >= 0.3 is 0 Å². The van der Waals surface area contributed by atoms with Crippen LogP contribution in [0.4, 0.5) is 0 Å². The molecule has 0 aromatic rings. The van der Waals surface area contributed by atoms with Gasteiger partial charge in [0.05, 0.1) is 0 Å². The number of hydrogen-bond donors (Lipinski definition) is 0. The molecule has 1 atom stereocenters. The summed E-state index contributed by atoms with van der Waals surface area (Å²) in [6, 6.07) is 0. The van der Waals surface area contributed by atoms with Crippen LogP contribution in [-0.4, -0.2) is 0 Å². The van der Waals surface area contributed by atoms with E-state index < -0.39 is 0 Å². The van der Waals surface area contributed by atoms with Crippen molar-refractivity contribution >= 4 is 0 Å². The number of rotatable bonds is 27. The van der Waals surface area contributed by atoms with E-state index in [1.165, 1.54) is 167 Å². The maximum Gasteiger partial charge on any atom is -0.0414 e. The molecule has 0 aromatic heterocycles. The molecule has 0 nitrogen and oxygen atoms in total. The van der Waals surface area contributed by atoms with Gasteiger partial charge in [-0.3, -0.25) is 0 Å². The molecule has 0 amide bonds. The van der Waals surface area contributed by atoms with Crippen LogP contribution >= 0.6 is 0 Å². The standard InChI is InChI=1S/C31H63/c1-4-7-9-11-13-15-17-18-20-22-24-26-28-30-31(6-3)29-27-25-23-21-19-16-14-12-10-8-5-2/h31H,3-30H2,1-2H3. The van der Waals surface area contributed by atoms with Gasteiger partial charge in [-0.05, 0) is 5.92 Å².